The van der Waals surface area contributed by atoms with Gasteiger partial charge in [-0.3, -0.25) is 9.59 Å². The van der Waals surface area contributed by atoms with E-state index in [2.05, 4.69) is 41.3 Å². The van der Waals surface area contributed by atoms with Crippen LogP contribution in [0.4, 0.5) is 4.39 Å². The Morgan fingerprint density at radius 1 is 1.09 bits per heavy atom. The molecule has 6 nitrogen and oxygen atoms in total. The number of carbonyl (C=O) groups is 2. The van der Waals surface area contributed by atoms with E-state index in [4.69, 9.17) is 0 Å². The molecule has 1 fully saturated rings. The van der Waals surface area contributed by atoms with Crippen LogP contribution in [0.3, 0.4) is 0 Å². The van der Waals surface area contributed by atoms with E-state index < -0.39 is 12.2 Å². The van der Waals surface area contributed by atoms with Crippen molar-refractivity contribution in [3.63, 3.8) is 0 Å². The number of imidazole rings is 1. The Kier molecular flexibility index (Phi) is 7.95. The lowest BCUT2D eigenvalue weighted by molar-refractivity contribution is -0.133. The highest BCUT2D eigenvalue weighted by Crippen LogP contribution is 2.27. The molecule has 3 aromatic rings. The molecule has 1 aliphatic rings. The number of rotatable bonds is 9. The summed E-state index contributed by atoms with van der Waals surface area (Å²) in [7, 11) is 0. The number of carbonyl (C=O) groups excluding carboxylic acids is 2. The number of hydrogen-bond donors (Lipinski definition) is 2. The van der Waals surface area contributed by atoms with E-state index in [-0.39, 0.29) is 43.7 Å². The molecule has 0 radical (unpaired) electrons. The van der Waals surface area contributed by atoms with E-state index in [0.29, 0.717) is 12.3 Å². The van der Waals surface area contributed by atoms with Crippen LogP contribution in [0.5, 0.6) is 0 Å². The van der Waals surface area contributed by atoms with Crippen molar-refractivity contribution < 1.29 is 14.0 Å². The van der Waals surface area contributed by atoms with Gasteiger partial charge in [0.05, 0.1) is 18.9 Å². The quantitative estimate of drug-likeness (QED) is 0.470. The maximum atomic E-state index is 14.3. The topological polar surface area (TPSA) is 78.1 Å². The Balaban J connectivity index is 1.44. The number of halogens is 1. The molecule has 1 saturated heterocycles. The number of H-pyrrole nitrogens is 1. The second-order valence-electron chi connectivity index (χ2n) is 9.55. The smallest absolute Gasteiger partial charge is 0.223 e. The fourth-order valence-electron chi connectivity index (χ4n) is 4.68. The number of aryl methyl sites for hydroxylation is 1. The Morgan fingerprint density at radius 3 is 2.43 bits per heavy atom. The minimum atomic E-state index is -1.11. The summed E-state index contributed by atoms with van der Waals surface area (Å²) in [5.74, 6) is 0.0836. The number of benzene rings is 2. The zero-order valence-electron chi connectivity index (χ0n) is 20.3. The zero-order chi connectivity index (χ0) is 24.8. The van der Waals surface area contributed by atoms with Gasteiger partial charge in [-0.25, -0.2) is 9.37 Å². The van der Waals surface area contributed by atoms with Crippen LogP contribution in [-0.4, -0.2) is 45.4 Å². The first-order valence-corrected chi connectivity index (χ1v) is 12.3. The first kappa shape index (κ1) is 24.6. The van der Waals surface area contributed by atoms with Crippen LogP contribution in [-0.2, 0) is 16.0 Å². The first-order chi connectivity index (χ1) is 16.9. The van der Waals surface area contributed by atoms with Gasteiger partial charge in [-0.2, -0.15) is 0 Å². The molecule has 0 bridgehead atoms. The molecular formula is C28H33FN4O2. The van der Waals surface area contributed by atoms with Crippen LogP contribution in [0, 0.1) is 0 Å². The van der Waals surface area contributed by atoms with E-state index in [1.807, 2.05) is 42.5 Å². The van der Waals surface area contributed by atoms with Gasteiger partial charge in [0.2, 0.25) is 11.8 Å². The van der Waals surface area contributed by atoms with Gasteiger partial charge in [-0.1, -0.05) is 68.4 Å². The molecule has 0 spiro atoms. The summed E-state index contributed by atoms with van der Waals surface area (Å²) in [6, 6.07) is 17.3. The number of aromatic amines is 1. The average molecular weight is 477 g/mol. The highest BCUT2D eigenvalue weighted by Gasteiger charge is 2.36. The van der Waals surface area contributed by atoms with Crippen LogP contribution in [0.1, 0.15) is 67.5 Å². The predicted molar refractivity (Wildman–Crippen MR) is 133 cm³/mol. The molecule has 1 aliphatic heterocycles. The van der Waals surface area contributed by atoms with Crippen molar-refractivity contribution in [2.45, 2.75) is 63.7 Å². The summed E-state index contributed by atoms with van der Waals surface area (Å²) in [5.41, 5.74) is 4.05. The van der Waals surface area contributed by atoms with Gasteiger partial charge in [0.15, 0.2) is 0 Å². The van der Waals surface area contributed by atoms with Crippen molar-refractivity contribution in [3.8, 4) is 0 Å². The normalized spacial score (nSPS) is 18.6. The second-order valence-corrected chi connectivity index (χ2v) is 9.55. The summed E-state index contributed by atoms with van der Waals surface area (Å²) in [6.07, 6.45) is 3.15. The minimum absolute atomic E-state index is 0.0402. The number of aromatic nitrogens is 2. The van der Waals surface area contributed by atoms with Gasteiger partial charge >= 0.3 is 0 Å². The lowest BCUT2D eigenvalue weighted by atomic mass is 9.95. The van der Waals surface area contributed by atoms with Gasteiger partial charge in [0, 0.05) is 37.2 Å². The van der Waals surface area contributed by atoms with Crippen molar-refractivity contribution in [2.24, 2.45) is 0 Å². The lowest BCUT2D eigenvalue weighted by Crippen LogP contribution is -2.40. The molecule has 1 aromatic heterocycles. The third kappa shape index (κ3) is 6.35. The molecular weight excluding hydrogens is 443 g/mol. The van der Waals surface area contributed by atoms with Crippen molar-refractivity contribution in [3.05, 3.63) is 89.5 Å². The molecule has 2 amide bonds. The molecule has 4 rings (SSSR count). The molecule has 2 heterocycles. The Morgan fingerprint density at radius 2 is 1.77 bits per heavy atom. The molecule has 35 heavy (non-hydrogen) atoms. The van der Waals surface area contributed by atoms with Crippen LogP contribution in [0.2, 0.25) is 0 Å². The summed E-state index contributed by atoms with van der Waals surface area (Å²) in [4.78, 5) is 34.5. The van der Waals surface area contributed by atoms with Crippen LogP contribution < -0.4 is 5.32 Å². The molecule has 2 N–H and O–H groups in total. The number of likely N-dealkylation sites (tertiary alicyclic amines) is 1. The molecule has 2 aromatic carbocycles. The minimum Gasteiger partial charge on any atom is -0.348 e. The van der Waals surface area contributed by atoms with Crippen molar-refractivity contribution >= 4 is 11.8 Å². The summed E-state index contributed by atoms with van der Waals surface area (Å²) < 4.78 is 14.3. The Labute approximate surface area is 206 Å². The Bertz CT molecular complexity index is 1100. The molecule has 184 valence electrons. The van der Waals surface area contributed by atoms with Crippen molar-refractivity contribution in [1.82, 2.24) is 20.2 Å². The lowest BCUT2D eigenvalue weighted by Gasteiger charge is -2.26. The van der Waals surface area contributed by atoms with E-state index in [1.165, 1.54) is 10.5 Å². The summed E-state index contributed by atoms with van der Waals surface area (Å²) >= 11 is 0. The fraction of sp³-hybridized carbons (Fsp3) is 0.393. The highest BCUT2D eigenvalue weighted by molar-refractivity contribution is 5.81. The molecule has 3 atom stereocenters. The van der Waals surface area contributed by atoms with E-state index in [9.17, 15) is 14.0 Å². The van der Waals surface area contributed by atoms with E-state index >= 15 is 0 Å². The number of hydrogen-bond acceptors (Lipinski definition) is 3. The van der Waals surface area contributed by atoms with Gasteiger partial charge in [0.25, 0.3) is 0 Å². The first-order valence-electron chi connectivity index (χ1n) is 12.3. The van der Waals surface area contributed by atoms with E-state index in [0.717, 1.165) is 16.8 Å². The third-order valence-electron chi connectivity index (χ3n) is 6.64. The Hall–Kier alpha value is -3.48. The summed E-state index contributed by atoms with van der Waals surface area (Å²) in [6.45, 7) is 4.33. The van der Waals surface area contributed by atoms with E-state index in [1.54, 1.807) is 12.5 Å². The standard InChI is InChI=1S/C28H33FN4O2/c1-19(2)20-8-10-22(11-9-20)28(21-6-4-3-5-7-21)32-26(34)15-25-14-23(29)17-33(25)27(35)13-12-24-16-30-18-31-24/h3-11,16,18-19,23,25,28H,12-15,17H2,1-2H3,(H,30,31)(H,32,34)/t23-,25+,28+/m1/s1. The average Bonchev–Trinajstić information content (AvgIpc) is 3.51. The van der Waals surface area contributed by atoms with Gasteiger partial charge < -0.3 is 15.2 Å². The van der Waals surface area contributed by atoms with Crippen molar-refractivity contribution in [1.29, 1.82) is 0 Å². The fourth-order valence-corrected chi connectivity index (χ4v) is 4.68. The highest BCUT2D eigenvalue weighted by atomic mass is 19.1. The van der Waals surface area contributed by atoms with Gasteiger partial charge in [0.1, 0.15) is 6.17 Å². The van der Waals surface area contributed by atoms with Crippen LogP contribution in [0.15, 0.2) is 67.1 Å². The maximum absolute atomic E-state index is 14.3. The number of nitrogens with one attached hydrogen (secondary N) is 2. The van der Waals surface area contributed by atoms with Crippen LogP contribution in [0.25, 0.3) is 0 Å². The number of amides is 2. The number of alkyl halides is 1. The maximum Gasteiger partial charge on any atom is 0.223 e. The third-order valence-corrected chi connectivity index (χ3v) is 6.64. The number of nitrogens with zero attached hydrogens (tertiary/aromatic N) is 2. The summed E-state index contributed by atoms with van der Waals surface area (Å²) in [5, 5.41) is 3.14. The molecule has 0 aliphatic carbocycles. The van der Waals surface area contributed by atoms with Crippen LogP contribution >= 0.6 is 0 Å². The molecule has 0 saturated carbocycles. The molecule has 7 heteroatoms. The predicted octanol–water partition coefficient (Wildman–Crippen LogP) is 4.70. The zero-order valence-corrected chi connectivity index (χ0v) is 20.3. The van der Waals surface area contributed by atoms with Gasteiger partial charge in [-0.15, -0.1) is 0 Å². The molecule has 0 unspecified atom stereocenters. The van der Waals surface area contributed by atoms with Crippen molar-refractivity contribution in [2.75, 3.05) is 6.54 Å². The second kappa shape index (κ2) is 11.3. The SMILES string of the molecule is CC(C)c1ccc([C@@H](NC(=O)C[C@@H]2C[C@@H](F)CN2C(=O)CCc2cnc[nH]2)c2ccccc2)cc1. The largest absolute Gasteiger partial charge is 0.348 e. The van der Waals surface area contributed by atoms with Gasteiger partial charge in [-0.05, 0) is 29.0 Å². The monoisotopic (exact) mass is 476 g/mol.